The van der Waals surface area contributed by atoms with Gasteiger partial charge in [0.2, 0.25) is 0 Å². The number of hydrogen-bond donors (Lipinski definition) is 0. The molecule has 2 aliphatic carbocycles. The van der Waals surface area contributed by atoms with Gasteiger partial charge in [-0.05, 0) is 39.5 Å². The number of ether oxygens (including phenoxy) is 1. The van der Waals surface area contributed by atoms with Crippen LogP contribution in [-0.4, -0.2) is 18.4 Å². The molecule has 1 fully saturated rings. The Kier molecular flexibility index (Phi) is 3.88. The highest BCUT2D eigenvalue weighted by molar-refractivity contribution is 6.20. The van der Waals surface area contributed by atoms with Crippen molar-refractivity contribution in [1.82, 2.24) is 0 Å². The number of carbonyl (C=O) groups is 2. The second kappa shape index (κ2) is 5.25. The van der Waals surface area contributed by atoms with Gasteiger partial charge in [0.1, 0.15) is 5.57 Å². The molecule has 0 aromatic carbocycles. The van der Waals surface area contributed by atoms with E-state index in [0.29, 0.717) is 12.2 Å². The SMILES string of the molecule is CCOC(=O)C1=C(C)CCC2(CCCCC2)C1=O. The van der Waals surface area contributed by atoms with Gasteiger partial charge in [0.25, 0.3) is 0 Å². The van der Waals surface area contributed by atoms with Crippen LogP contribution < -0.4 is 0 Å². The van der Waals surface area contributed by atoms with Gasteiger partial charge in [0.05, 0.1) is 6.61 Å². The van der Waals surface area contributed by atoms with E-state index in [0.717, 1.165) is 44.1 Å². The van der Waals surface area contributed by atoms with E-state index in [2.05, 4.69) is 0 Å². The Morgan fingerprint density at radius 3 is 2.50 bits per heavy atom. The van der Waals surface area contributed by atoms with Crippen LogP contribution in [-0.2, 0) is 14.3 Å². The highest BCUT2D eigenvalue weighted by atomic mass is 16.5. The maximum Gasteiger partial charge on any atom is 0.341 e. The van der Waals surface area contributed by atoms with E-state index in [1.54, 1.807) is 6.92 Å². The molecule has 18 heavy (non-hydrogen) atoms. The molecule has 0 radical (unpaired) electrons. The standard InChI is InChI=1S/C15H22O3/c1-3-18-14(17)12-11(2)7-10-15(13(12)16)8-5-4-6-9-15/h3-10H2,1-2H3. The third-order valence-corrected chi connectivity index (χ3v) is 4.40. The van der Waals surface area contributed by atoms with Crippen LogP contribution >= 0.6 is 0 Å². The fourth-order valence-electron chi connectivity index (χ4n) is 3.30. The Morgan fingerprint density at radius 2 is 1.89 bits per heavy atom. The molecule has 0 heterocycles. The average molecular weight is 250 g/mol. The molecule has 1 saturated carbocycles. The molecule has 3 nitrogen and oxygen atoms in total. The minimum absolute atomic E-state index is 0.0596. The molecule has 0 atom stereocenters. The molecular weight excluding hydrogens is 228 g/mol. The maximum absolute atomic E-state index is 12.7. The van der Waals surface area contributed by atoms with Crippen LogP contribution in [0.2, 0.25) is 0 Å². The normalized spacial score (nSPS) is 23.3. The molecule has 1 spiro atoms. The van der Waals surface area contributed by atoms with Crippen molar-refractivity contribution in [1.29, 1.82) is 0 Å². The van der Waals surface area contributed by atoms with E-state index >= 15 is 0 Å². The number of ketones is 1. The fraction of sp³-hybridized carbons (Fsp3) is 0.733. The van der Waals surface area contributed by atoms with Crippen molar-refractivity contribution in [3.63, 3.8) is 0 Å². The molecule has 2 rings (SSSR count). The van der Waals surface area contributed by atoms with E-state index < -0.39 is 5.97 Å². The van der Waals surface area contributed by atoms with Gasteiger partial charge in [-0.3, -0.25) is 4.79 Å². The van der Waals surface area contributed by atoms with Crippen molar-refractivity contribution in [2.75, 3.05) is 6.61 Å². The Hall–Kier alpha value is -1.12. The van der Waals surface area contributed by atoms with Crippen LogP contribution in [0.3, 0.4) is 0 Å². The van der Waals surface area contributed by atoms with Crippen molar-refractivity contribution in [2.24, 2.45) is 5.41 Å². The van der Waals surface area contributed by atoms with E-state index in [1.807, 2.05) is 6.92 Å². The van der Waals surface area contributed by atoms with E-state index in [9.17, 15) is 9.59 Å². The zero-order chi connectivity index (χ0) is 13.2. The summed E-state index contributed by atoms with van der Waals surface area (Å²) in [6.45, 7) is 3.99. The zero-order valence-electron chi connectivity index (χ0n) is 11.4. The predicted molar refractivity (Wildman–Crippen MR) is 69.1 cm³/mol. The van der Waals surface area contributed by atoms with Crippen LogP contribution in [0, 0.1) is 5.41 Å². The summed E-state index contributed by atoms with van der Waals surface area (Å²) < 4.78 is 5.04. The number of carbonyl (C=O) groups excluding carboxylic acids is 2. The lowest BCUT2D eigenvalue weighted by atomic mass is 9.63. The van der Waals surface area contributed by atoms with Gasteiger partial charge in [-0.1, -0.05) is 24.8 Å². The first-order valence-electron chi connectivity index (χ1n) is 7.02. The van der Waals surface area contributed by atoms with E-state index in [4.69, 9.17) is 4.74 Å². The number of Topliss-reactive ketones (excluding diaryl/α,β-unsaturated/α-hetero) is 1. The summed E-state index contributed by atoms with van der Waals surface area (Å²) in [7, 11) is 0. The lowest BCUT2D eigenvalue weighted by molar-refractivity contribution is -0.142. The van der Waals surface area contributed by atoms with Crippen LogP contribution in [0.5, 0.6) is 0 Å². The number of esters is 1. The first-order chi connectivity index (χ1) is 8.60. The molecule has 3 heteroatoms. The van der Waals surface area contributed by atoms with Crippen molar-refractivity contribution in [3.8, 4) is 0 Å². The van der Waals surface area contributed by atoms with Crippen LogP contribution in [0.25, 0.3) is 0 Å². The molecule has 0 aromatic rings. The van der Waals surface area contributed by atoms with Gasteiger partial charge < -0.3 is 4.74 Å². The molecular formula is C15H22O3. The van der Waals surface area contributed by atoms with Gasteiger partial charge in [0.15, 0.2) is 5.78 Å². The lowest BCUT2D eigenvalue weighted by Gasteiger charge is -2.39. The molecule has 0 unspecified atom stereocenters. The first kappa shape index (κ1) is 13.3. The van der Waals surface area contributed by atoms with Crippen LogP contribution in [0.1, 0.15) is 58.8 Å². The Morgan fingerprint density at radius 1 is 1.22 bits per heavy atom. The number of allylic oxidation sites excluding steroid dienone is 1. The van der Waals surface area contributed by atoms with E-state index in [-0.39, 0.29) is 11.2 Å². The van der Waals surface area contributed by atoms with Crippen molar-refractivity contribution in [2.45, 2.75) is 58.8 Å². The second-order valence-corrected chi connectivity index (χ2v) is 5.55. The average Bonchev–Trinajstić information content (AvgIpc) is 2.37. The Labute approximate surface area is 109 Å². The molecule has 0 aromatic heterocycles. The topological polar surface area (TPSA) is 43.4 Å². The molecule has 0 amide bonds. The monoisotopic (exact) mass is 250 g/mol. The fourth-order valence-corrected chi connectivity index (χ4v) is 3.30. The first-order valence-corrected chi connectivity index (χ1v) is 7.02. The summed E-state index contributed by atoms with van der Waals surface area (Å²) in [6, 6.07) is 0. The Balaban J connectivity index is 2.27. The van der Waals surface area contributed by atoms with Crippen molar-refractivity contribution < 1.29 is 14.3 Å². The van der Waals surface area contributed by atoms with Gasteiger partial charge in [-0.2, -0.15) is 0 Å². The highest BCUT2D eigenvalue weighted by Crippen LogP contribution is 2.46. The summed E-state index contributed by atoms with van der Waals surface area (Å²) in [6.07, 6.45) is 7.11. The van der Waals surface area contributed by atoms with Gasteiger partial charge in [-0.25, -0.2) is 4.79 Å². The molecule has 2 aliphatic rings. The van der Waals surface area contributed by atoms with Crippen LogP contribution in [0.15, 0.2) is 11.1 Å². The quantitative estimate of drug-likeness (QED) is 0.558. The number of hydrogen-bond acceptors (Lipinski definition) is 3. The van der Waals surface area contributed by atoms with Gasteiger partial charge in [-0.15, -0.1) is 0 Å². The summed E-state index contributed by atoms with van der Waals surface area (Å²) in [5.41, 5.74) is 1.01. The predicted octanol–water partition coefficient (Wildman–Crippen LogP) is 3.18. The van der Waals surface area contributed by atoms with Gasteiger partial charge in [0, 0.05) is 5.41 Å². The van der Waals surface area contributed by atoms with E-state index in [1.165, 1.54) is 6.42 Å². The second-order valence-electron chi connectivity index (χ2n) is 5.55. The number of rotatable bonds is 2. The highest BCUT2D eigenvalue weighted by Gasteiger charge is 2.45. The Bertz CT molecular complexity index is 387. The van der Waals surface area contributed by atoms with Crippen LogP contribution in [0.4, 0.5) is 0 Å². The minimum atomic E-state index is -0.412. The molecule has 0 aliphatic heterocycles. The summed E-state index contributed by atoms with van der Waals surface area (Å²) in [5, 5.41) is 0. The minimum Gasteiger partial charge on any atom is -0.462 e. The van der Waals surface area contributed by atoms with Crippen molar-refractivity contribution in [3.05, 3.63) is 11.1 Å². The lowest BCUT2D eigenvalue weighted by Crippen LogP contribution is -2.40. The molecule has 0 N–H and O–H groups in total. The zero-order valence-corrected chi connectivity index (χ0v) is 11.4. The summed E-state index contributed by atoms with van der Waals surface area (Å²) in [4.78, 5) is 24.6. The largest absolute Gasteiger partial charge is 0.462 e. The molecule has 100 valence electrons. The summed E-state index contributed by atoms with van der Waals surface area (Å²) >= 11 is 0. The van der Waals surface area contributed by atoms with Gasteiger partial charge >= 0.3 is 5.97 Å². The molecule has 0 bridgehead atoms. The smallest absolute Gasteiger partial charge is 0.341 e. The summed E-state index contributed by atoms with van der Waals surface area (Å²) in [5.74, 6) is -0.353. The third kappa shape index (κ3) is 2.23. The maximum atomic E-state index is 12.7. The third-order valence-electron chi connectivity index (χ3n) is 4.40. The molecule has 0 saturated heterocycles. The van der Waals surface area contributed by atoms with Crippen molar-refractivity contribution >= 4 is 11.8 Å².